The molecular weight excluding hydrogens is 246 g/mol. The van der Waals surface area contributed by atoms with Crippen molar-refractivity contribution in [3.8, 4) is 0 Å². The van der Waals surface area contributed by atoms with Gasteiger partial charge in [0.05, 0.1) is 11.5 Å². The number of hydrogen-bond acceptors (Lipinski definition) is 3. The van der Waals surface area contributed by atoms with E-state index in [1.165, 1.54) is 0 Å². The zero-order chi connectivity index (χ0) is 14.3. The lowest BCUT2D eigenvalue weighted by Gasteiger charge is -2.32. The van der Waals surface area contributed by atoms with Crippen molar-refractivity contribution in [2.24, 2.45) is 5.41 Å². The SMILES string of the molecule is CCOC(C)CNC(=O)CC1(C(=O)O)CCCCC1. The third-order valence-electron chi connectivity index (χ3n) is 3.80. The van der Waals surface area contributed by atoms with Gasteiger partial charge in [0.2, 0.25) is 5.91 Å². The minimum absolute atomic E-state index is 0.0407. The first-order chi connectivity index (χ1) is 9.00. The molecule has 1 atom stereocenters. The molecule has 1 aliphatic carbocycles. The molecule has 0 radical (unpaired) electrons. The molecule has 1 rings (SSSR count). The number of hydrogen-bond donors (Lipinski definition) is 2. The Morgan fingerprint density at radius 2 is 1.95 bits per heavy atom. The van der Waals surface area contributed by atoms with Crippen LogP contribution in [0.3, 0.4) is 0 Å². The van der Waals surface area contributed by atoms with Crippen LogP contribution >= 0.6 is 0 Å². The lowest BCUT2D eigenvalue weighted by molar-refractivity contribution is -0.154. The number of amides is 1. The van der Waals surface area contributed by atoms with Gasteiger partial charge in [-0.15, -0.1) is 0 Å². The number of aliphatic carboxylic acids is 1. The molecule has 0 aromatic carbocycles. The molecule has 0 heterocycles. The summed E-state index contributed by atoms with van der Waals surface area (Å²) >= 11 is 0. The van der Waals surface area contributed by atoms with Gasteiger partial charge in [-0.3, -0.25) is 9.59 Å². The van der Waals surface area contributed by atoms with Crippen molar-refractivity contribution >= 4 is 11.9 Å². The van der Waals surface area contributed by atoms with Gasteiger partial charge in [-0.25, -0.2) is 0 Å². The van der Waals surface area contributed by atoms with Gasteiger partial charge in [-0.1, -0.05) is 19.3 Å². The maximum atomic E-state index is 11.9. The van der Waals surface area contributed by atoms with Crippen molar-refractivity contribution in [1.82, 2.24) is 5.32 Å². The average molecular weight is 271 g/mol. The second-order valence-corrected chi connectivity index (χ2v) is 5.39. The van der Waals surface area contributed by atoms with Gasteiger partial charge in [0.25, 0.3) is 0 Å². The number of ether oxygens (including phenoxy) is 1. The van der Waals surface area contributed by atoms with Crippen LogP contribution in [0.15, 0.2) is 0 Å². The van der Waals surface area contributed by atoms with E-state index in [1.54, 1.807) is 0 Å². The molecule has 2 N–H and O–H groups in total. The van der Waals surface area contributed by atoms with Crippen LogP contribution in [0.2, 0.25) is 0 Å². The number of carboxylic acid groups (broad SMARTS) is 1. The first-order valence-corrected chi connectivity index (χ1v) is 7.12. The van der Waals surface area contributed by atoms with Gasteiger partial charge < -0.3 is 15.2 Å². The van der Waals surface area contributed by atoms with Crippen LogP contribution in [0.25, 0.3) is 0 Å². The van der Waals surface area contributed by atoms with Gasteiger partial charge in [0.1, 0.15) is 0 Å². The molecule has 19 heavy (non-hydrogen) atoms. The Hall–Kier alpha value is -1.10. The molecule has 1 aliphatic rings. The lowest BCUT2D eigenvalue weighted by atomic mass is 9.71. The number of nitrogens with one attached hydrogen (secondary N) is 1. The van der Waals surface area contributed by atoms with Crippen LogP contribution in [0.5, 0.6) is 0 Å². The number of carbonyl (C=O) groups excluding carboxylic acids is 1. The van der Waals surface area contributed by atoms with Crippen molar-refractivity contribution in [3.05, 3.63) is 0 Å². The molecule has 1 saturated carbocycles. The second kappa shape index (κ2) is 7.48. The summed E-state index contributed by atoms with van der Waals surface area (Å²) in [5.41, 5.74) is -0.850. The standard InChI is InChI=1S/C14H25NO4/c1-3-19-11(2)10-15-12(16)9-14(13(17)18)7-5-4-6-8-14/h11H,3-10H2,1-2H3,(H,15,16)(H,17,18). The second-order valence-electron chi connectivity index (χ2n) is 5.39. The van der Waals surface area contributed by atoms with Crippen LogP contribution in [-0.4, -0.2) is 36.2 Å². The molecule has 0 aliphatic heterocycles. The van der Waals surface area contributed by atoms with E-state index < -0.39 is 11.4 Å². The Balaban J connectivity index is 2.46. The first-order valence-electron chi connectivity index (χ1n) is 7.12. The average Bonchev–Trinajstić information content (AvgIpc) is 2.38. The molecule has 0 saturated heterocycles. The number of carboxylic acids is 1. The zero-order valence-electron chi connectivity index (χ0n) is 11.9. The molecular formula is C14H25NO4. The van der Waals surface area contributed by atoms with E-state index in [9.17, 15) is 14.7 Å². The predicted molar refractivity (Wildman–Crippen MR) is 71.9 cm³/mol. The summed E-state index contributed by atoms with van der Waals surface area (Å²) in [7, 11) is 0. The highest BCUT2D eigenvalue weighted by molar-refractivity contribution is 5.85. The van der Waals surface area contributed by atoms with Crippen LogP contribution in [0.4, 0.5) is 0 Å². The Morgan fingerprint density at radius 1 is 1.32 bits per heavy atom. The predicted octanol–water partition coefficient (Wildman–Crippen LogP) is 1.95. The van der Waals surface area contributed by atoms with E-state index in [2.05, 4.69) is 5.32 Å². The lowest BCUT2D eigenvalue weighted by Crippen LogP contribution is -2.41. The van der Waals surface area contributed by atoms with Crippen LogP contribution in [0, 0.1) is 5.41 Å². The van der Waals surface area contributed by atoms with Gasteiger partial charge in [0.15, 0.2) is 0 Å². The van der Waals surface area contributed by atoms with Gasteiger partial charge in [0, 0.05) is 19.6 Å². The van der Waals surface area contributed by atoms with Gasteiger partial charge in [-0.05, 0) is 26.7 Å². The van der Waals surface area contributed by atoms with E-state index in [0.717, 1.165) is 19.3 Å². The fourth-order valence-corrected chi connectivity index (χ4v) is 2.67. The Labute approximate surface area is 114 Å². The van der Waals surface area contributed by atoms with Gasteiger partial charge >= 0.3 is 5.97 Å². The summed E-state index contributed by atoms with van der Waals surface area (Å²) in [6.07, 6.45) is 4.12. The molecule has 110 valence electrons. The highest BCUT2D eigenvalue weighted by Crippen LogP contribution is 2.39. The minimum atomic E-state index is -0.850. The summed E-state index contributed by atoms with van der Waals surface area (Å²) in [4.78, 5) is 23.3. The summed E-state index contributed by atoms with van der Waals surface area (Å²) < 4.78 is 5.32. The smallest absolute Gasteiger partial charge is 0.310 e. The van der Waals surface area contributed by atoms with Crippen molar-refractivity contribution < 1.29 is 19.4 Å². The highest BCUT2D eigenvalue weighted by Gasteiger charge is 2.41. The van der Waals surface area contributed by atoms with E-state index in [4.69, 9.17) is 4.74 Å². The number of carbonyl (C=O) groups is 2. The van der Waals surface area contributed by atoms with E-state index in [1.807, 2.05) is 13.8 Å². The van der Waals surface area contributed by atoms with Crippen molar-refractivity contribution in [3.63, 3.8) is 0 Å². The quantitative estimate of drug-likeness (QED) is 0.742. The maximum Gasteiger partial charge on any atom is 0.310 e. The molecule has 5 nitrogen and oxygen atoms in total. The third kappa shape index (κ3) is 4.82. The molecule has 1 amide bonds. The zero-order valence-corrected chi connectivity index (χ0v) is 11.9. The summed E-state index contributed by atoms with van der Waals surface area (Å²) in [6.45, 7) is 4.83. The topological polar surface area (TPSA) is 75.6 Å². The van der Waals surface area contributed by atoms with Crippen LogP contribution in [0.1, 0.15) is 52.4 Å². The molecule has 0 aromatic heterocycles. The summed E-state index contributed by atoms with van der Waals surface area (Å²) in [6, 6.07) is 0. The third-order valence-corrected chi connectivity index (χ3v) is 3.80. The normalized spacial score (nSPS) is 19.7. The van der Waals surface area contributed by atoms with E-state index >= 15 is 0 Å². The molecule has 0 aromatic rings. The Kier molecular flexibility index (Phi) is 6.28. The van der Waals surface area contributed by atoms with Crippen molar-refractivity contribution in [1.29, 1.82) is 0 Å². The summed E-state index contributed by atoms with van der Waals surface area (Å²) in [5, 5.41) is 12.2. The van der Waals surface area contributed by atoms with Crippen molar-refractivity contribution in [2.45, 2.75) is 58.5 Å². The minimum Gasteiger partial charge on any atom is -0.481 e. The van der Waals surface area contributed by atoms with Crippen LogP contribution in [-0.2, 0) is 14.3 Å². The molecule has 0 spiro atoms. The molecule has 1 unspecified atom stereocenters. The van der Waals surface area contributed by atoms with Crippen LogP contribution < -0.4 is 5.32 Å². The fraction of sp³-hybridized carbons (Fsp3) is 0.857. The Bertz CT molecular complexity index is 311. The first kappa shape index (κ1) is 16.0. The maximum absolute atomic E-state index is 11.9. The monoisotopic (exact) mass is 271 g/mol. The Morgan fingerprint density at radius 3 is 2.47 bits per heavy atom. The van der Waals surface area contributed by atoms with E-state index in [0.29, 0.717) is 26.0 Å². The fourth-order valence-electron chi connectivity index (χ4n) is 2.67. The highest BCUT2D eigenvalue weighted by atomic mass is 16.5. The molecule has 0 bridgehead atoms. The van der Waals surface area contributed by atoms with Crippen molar-refractivity contribution in [2.75, 3.05) is 13.2 Å². The van der Waals surface area contributed by atoms with Gasteiger partial charge in [-0.2, -0.15) is 0 Å². The molecule has 1 fully saturated rings. The number of rotatable bonds is 7. The molecule has 5 heteroatoms. The largest absolute Gasteiger partial charge is 0.481 e. The summed E-state index contributed by atoms with van der Waals surface area (Å²) in [5.74, 6) is -1.02. The van der Waals surface area contributed by atoms with E-state index in [-0.39, 0.29) is 18.4 Å².